The van der Waals surface area contributed by atoms with Crippen LogP contribution in [-0.2, 0) is 4.74 Å². The van der Waals surface area contributed by atoms with Crippen molar-refractivity contribution >= 4 is 44.4 Å². The highest BCUT2D eigenvalue weighted by molar-refractivity contribution is 7.22. The Bertz CT molecular complexity index is 1460. The molecule has 4 aromatic carbocycles. The summed E-state index contributed by atoms with van der Waals surface area (Å²) in [6.45, 7) is 0. The number of nitrogens with one attached hydrogen (secondary N) is 2. The fraction of sp³-hybridized carbons (Fsp3) is 0.0690. The van der Waals surface area contributed by atoms with Gasteiger partial charge in [-0.05, 0) is 41.5 Å². The molecule has 2 N–H and O–H groups in total. The lowest BCUT2D eigenvalue weighted by molar-refractivity contribution is 0.0594. The Morgan fingerprint density at radius 2 is 1.46 bits per heavy atom. The molecule has 5 rings (SSSR count). The van der Waals surface area contributed by atoms with Gasteiger partial charge >= 0.3 is 12.0 Å². The van der Waals surface area contributed by atoms with Gasteiger partial charge in [-0.15, -0.1) is 0 Å². The van der Waals surface area contributed by atoms with Crippen molar-refractivity contribution in [2.45, 2.75) is 6.10 Å². The largest absolute Gasteiger partial charge is 0.480 e. The lowest BCUT2D eigenvalue weighted by Gasteiger charge is -2.22. The van der Waals surface area contributed by atoms with Crippen LogP contribution in [0.15, 0.2) is 103 Å². The fourth-order valence-electron chi connectivity index (χ4n) is 3.88. The van der Waals surface area contributed by atoms with Crippen molar-refractivity contribution in [2.75, 3.05) is 17.7 Å². The van der Waals surface area contributed by atoms with Crippen molar-refractivity contribution in [3.05, 3.63) is 120 Å². The SMILES string of the molecule is COC(=O)c1cc(NC(=O)Nc2nc3ccccc3s2)ccc1OC(c1ccccc1)c1ccccc1. The van der Waals surface area contributed by atoms with Gasteiger partial charge in [0.25, 0.3) is 0 Å². The number of fused-ring (bicyclic) bond motifs is 1. The van der Waals surface area contributed by atoms with Crippen molar-refractivity contribution in [3.63, 3.8) is 0 Å². The molecule has 1 aromatic heterocycles. The molecule has 0 unspecified atom stereocenters. The van der Waals surface area contributed by atoms with Crippen LogP contribution in [0.25, 0.3) is 10.2 Å². The number of para-hydroxylation sites is 1. The van der Waals surface area contributed by atoms with Gasteiger partial charge in [-0.3, -0.25) is 5.32 Å². The van der Waals surface area contributed by atoms with Gasteiger partial charge in [0, 0.05) is 5.69 Å². The molecule has 0 aliphatic carbocycles. The summed E-state index contributed by atoms with van der Waals surface area (Å²) in [5.41, 5.74) is 3.27. The van der Waals surface area contributed by atoms with Gasteiger partial charge in [-0.25, -0.2) is 14.6 Å². The number of benzene rings is 4. The number of aromatic nitrogens is 1. The Hall–Kier alpha value is -4.69. The quantitative estimate of drug-likeness (QED) is 0.233. The molecule has 0 fully saturated rings. The Balaban J connectivity index is 1.39. The minimum absolute atomic E-state index is 0.192. The first kappa shape index (κ1) is 24.0. The van der Waals surface area contributed by atoms with Gasteiger partial charge in [0.15, 0.2) is 5.13 Å². The molecule has 0 aliphatic heterocycles. The topological polar surface area (TPSA) is 89.5 Å². The molecule has 0 spiro atoms. The van der Waals surface area contributed by atoms with E-state index in [1.807, 2.05) is 84.9 Å². The van der Waals surface area contributed by atoms with Gasteiger partial charge < -0.3 is 14.8 Å². The number of anilines is 2. The first-order chi connectivity index (χ1) is 18.1. The predicted molar refractivity (Wildman–Crippen MR) is 145 cm³/mol. The Morgan fingerprint density at radius 3 is 2.11 bits per heavy atom. The summed E-state index contributed by atoms with van der Waals surface area (Å²) in [7, 11) is 1.30. The lowest BCUT2D eigenvalue weighted by Crippen LogP contribution is -2.20. The van der Waals surface area contributed by atoms with E-state index in [1.54, 1.807) is 12.1 Å². The van der Waals surface area contributed by atoms with Gasteiger partial charge in [-0.2, -0.15) is 0 Å². The summed E-state index contributed by atoms with van der Waals surface area (Å²) < 4.78 is 12.4. The number of hydrogen-bond acceptors (Lipinski definition) is 6. The van der Waals surface area contributed by atoms with E-state index in [0.29, 0.717) is 16.6 Å². The minimum atomic E-state index is -0.579. The van der Waals surface area contributed by atoms with Crippen molar-refractivity contribution in [3.8, 4) is 5.75 Å². The molecule has 8 heteroatoms. The molecule has 1 heterocycles. The van der Waals surface area contributed by atoms with Crippen molar-refractivity contribution in [1.82, 2.24) is 4.98 Å². The number of hydrogen-bond donors (Lipinski definition) is 2. The van der Waals surface area contributed by atoms with Crippen LogP contribution in [0.5, 0.6) is 5.75 Å². The first-order valence-corrected chi connectivity index (χ1v) is 12.3. The van der Waals surface area contributed by atoms with E-state index in [9.17, 15) is 9.59 Å². The zero-order valence-electron chi connectivity index (χ0n) is 19.9. The van der Waals surface area contributed by atoms with E-state index in [0.717, 1.165) is 21.3 Å². The van der Waals surface area contributed by atoms with Crippen molar-refractivity contribution in [2.24, 2.45) is 0 Å². The Morgan fingerprint density at radius 1 is 0.811 bits per heavy atom. The van der Waals surface area contributed by atoms with Crippen LogP contribution in [0.1, 0.15) is 27.6 Å². The van der Waals surface area contributed by atoms with Gasteiger partial charge in [0.2, 0.25) is 0 Å². The van der Waals surface area contributed by atoms with Gasteiger partial charge in [-0.1, -0.05) is 84.1 Å². The number of methoxy groups -OCH3 is 1. The van der Waals surface area contributed by atoms with Crippen LogP contribution in [-0.4, -0.2) is 24.1 Å². The molecule has 0 saturated carbocycles. The molecule has 37 heavy (non-hydrogen) atoms. The zero-order chi connectivity index (χ0) is 25.6. The number of amides is 2. The number of carbonyl (C=O) groups is 2. The average Bonchev–Trinajstić information content (AvgIpc) is 3.35. The summed E-state index contributed by atoms with van der Waals surface area (Å²) in [5, 5.41) is 5.97. The number of nitrogens with zero attached hydrogens (tertiary/aromatic N) is 1. The van der Waals surface area contributed by atoms with E-state index < -0.39 is 18.1 Å². The van der Waals surface area contributed by atoms with E-state index in [1.165, 1.54) is 24.5 Å². The maximum absolute atomic E-state index is 12.7. The molecule has 0 radical (unpaired) electrons. The third-order valence-corrected chi connectivity index (χ3v) is 6.56. The molecular formula is C29H23N3O4S. The van der Waals surface area contributed by atoms with E-state index in [2.05, 4.69) is 15.6 Å². The van der Waals surface area contributed by atoms with E-state index >= 15 is 0 Å². The molecular weight excluding hydrogens is 486 g/mol. The van der Waals surface area contributed by atoms with Crippen LogP contribution in [0, 0.1) is 0 Å². The van der Waals surface area contributed by atoms with Crippen LogP contribution in [0.3, 0.4) is 0 Å². The second kappa shape index (κ2) is 10.9. The summed E-state index contributed by atoms with van der Waals surface area (Å²) >= 11 is 1.38. The Labute approximate surface area is 217 Å². The normalized spacial score (nSPS) is 10.8. The molecule has 5 aromatic rings. The number of ether oxygens (including phenoxy) is 2. The molecule has 184 valence electrons. The molecule has 0 bridgehead atoms. The smallest absolute Gasteiger partial charge is 0.341 e. The average molecular weight is 510 g/mol. The fourth-order valence-corrected chi connectivity index (χ4v) is 4.74. The van der Waals surface area contributed by atoms with Crippen molar-refractivity contribution in [1.29, 1.82) is 0 Å². The number of esters is 1. The van der Waals surface area contributed by atoms with Crippen molar-refractivity contribution < 1.29 is 19.1 Å². The van der Waals surface area contributed by atoms with Crippen LogP contribution in [0.4, 0.5) is 15.6 Å². The zero-order valence-corrected chi connectivity index (χ0v) is 20.7. The maximum Gasteiger partial charge on any atom is 0.341 e. The molecule has 7 nitrogen and oxygen atoms in total. The number of thiazole rings is 1. The van der Waals surface area contributed by atoms with E-state index in [-0.39, 0.29) is 5.56 Å². The second-order valence-corrected chi connectivity index (χ2v) is 9.12. The summed E-state index contributed by atoms with van der Waals surface area (Å²) in [6.07, 6.45) is -0.452. The number of urea groups is 1. The van der Waals surface area contributed by atoms with Gasteiger partial charge in [0.05, 0.1) is 17.3 Å². The third-order valence-electron chi connectivity index (χ3n) is 5.61. The van der Waals surface area contributed by atoms with Crippen LogP contribution in [0.2, 0.25) is 0 Å². The highest BCUT2D eigenvalue weighted by Crippen LogP contribution is 2.32. The Kier molecular flexibility index (Phi) is 7.09. The molecule has 0 atom stereocenters. The third kappa shape index (κ3) is 5.60. The molecule has 0 saturated heterocycles. The predicted octanol–water partition coefficient (Wildman–Crippen LogP) is 6.90. The lowest BCUT2D eigenvalue weighted by atomic mass is 10.0. The summed E-state index contributed by atoms with van der Waals surface area (Å²) in [4.78, 5) is 29.7. The second-order valence-electron chi connectivity index (χ2n) is 8.09. The standard InChI is InChI=1S/C29H23N3O4S/c1-35-27(33)22-18-21(30-28(34)32-29-31-23-14-8-9-15-25(23)37-29)16-17-24(22)36-26(19-10-4-2-5-11-19)20-12-6-3-7-13-20/h2-18,26H,1H3,(H2,30,31,32,34). The minimum Gasteiger partial charge on any atom is -0.480 e. The molecule has 2 amide bonds. The highest BCUT2D eigenvalue weighted by Gasteiger charge is 2.21. The first-order valence-electron chi connectivity index (χ1n) is 11.5. The highest BCUT2D eigenvalue weighted by atomic mass is 32.1. The summed E-state index contributed by atoms with van der Waals surface area (Å²) in [6, 6.07) is 31.5. The van der Waals surface area contributed by atoms with Gasteiger partial charge in [0.1, 0.15) is 17.4 Å². The number of rotatable bonds is 7. The monoisotopic (exact) mass is 509 g/mol. The van der Waals surface area contributed by atoms with E-state index in [4.69, 9.17) is 9.47 Å². The van der Waals surface area contributed by atoms with Crippen LogP contribution >= 0.6 is 11.3 Å². The maximum atomic E-state index is 12.7. The number of carbonyl (C=O) groups excluding carboxylic acids is 2. The molecule has 0 aliphatic rings. The summed E-state index contributed by atoms with van der Waals surface area (Å²) in [5.74, 6) is -0.244. The van der Waals surface area contributed by atoms with Crippen LogP contribution < -0.4 is 15.4 Å².